The number of carbonyl (C=O) groups is 2. The van der Waals surface area contributed by atoms with Crippen LogP contribution < -0.4 is 9.73 Å². The molecule has 0 aliphatic heterocycles. The summed E-state index contributed by atoms with van der Waals surface area (Å²) in [5.41, 5.74) is 4.66. The average molecular weight is 466 g/mol. The van der Waals surface area contributed by atoms with Crippen molar-refractivity contribution in [1.29, 1.82) is 0 Å². The zero-order valence-corrected chi connectivity index (χ0v) is 18.9. The highest BCUT2D eigenvalue weighted by Crippen LogP contribution is 2.25. The molecule has 0 unspecified atom stereocenters. The smallest absolute Gasteiger partial charge is 0.336 e. The van der Waals surface area contributed by atoms with Crippen LogP contribution >= 0.6 is 0 Å². The van der Waals surface area contributed by atoms with Crippen LogP contribution in [-0.2, 0) is 14.8 Å². The number of nitrogens with one attached hydrogen (secondary N) is 1. The fourth-order valence-electron chi connectivity index (χ4n) is 3.27. The Bertz CT molecular complexity index is 1280. The zero-order valence-electron chi connectivity index (χ0n) is 18.1. The standard InChI is InChI=1S/C24H23N3O5S/c1-17-12-18(2)14-20(13-17)27(33(31,32)21-9-4-3-5-10-21)16-23(28)26-25-15-19-8-6-7-11-22(19)24(29)30/h3-15H,16H2,1-2H3,(H,26,28)(H,29,30)/b25-15-. The number of nitrogens with zero attached hydrogens (tertiary/aromatic N) is 2. The lowest BCUT2D eigenvalue weighted by Crippen LogP contribution is -2.39. The van der Waals surface area contributed by atoms with E-state index in [1.807, 2.05) is 19.9 Å². The number of hydrogen-bond acceptors (Lipinski definition) is 5. The van der Waals surface area contributed by atoms with Crippen molar-refractivity contribution in [2.75, 3.05) is 10.8 Å². The summed E-state index contributed by atoms with van der Waals surface area (Å²) in [5.74, 6) is -1.81. The van der Waals surface area contributed by atoms with E-state index < -0.39 is 28.4 Å². The topological polar surface area (TPSA) is 116 Å². The van der Waals surface area contributed by atoms with Crippen LogP contribution in [0.4, 0.5) is 5.69 Å². The first kappa shape index (κ1) is 23.7. The van der Waals surface area contributed by atoms with Crippen molar-refractivity contribution in [3.05, 3.63) is 95.1 Å². The third-order valence-electron chi connectivity index (χ3n) is 4.70. The number of rotatable bonds is 8. The van der Waals surface area contributed by atoms with Gasteiger partial charge in [-0.1, -0.05) is 42.5 Å². The van der Waals surface area contributed by atoms with Gasteiger partial charge in [0.2, 0.25) is 0 Å². The number of aromatic carboxylic acids is 1. The molecule has 0 radical (unpaired) electrons. The van der Waals surface area contributed by atoms with Crippen LogP contribution in [-0.4, -0.2) is 38.2 Å². The minimum Gasteiger partial charge on any atom is -0.478 e. The van der Waals surface area contributed by atoms with Gasteiger partial charge >= 0.3 is 5.97 Å². The Hall–Kier alpha value is -3.98. The van der Waals surface area contributed by atoms with E-state index in [9.17, 15) is 23.1 Å². The fraction of sp³-hybridized carbons (Fsp3) is 0.125. The van der Waals surface area contributed by atoms with Gasteiger partial charge < -0.3 is 5.11 Å². The average Bonchev–Trinajstić information content (AvgIpc) is 2.77. The Kier molecular flexibility index (Phi) is 7.24. The van der Waals surface area contributed by atoms with Crippen molar-refractivity contribution in [2.24, 2.45) is 5.10 Å². The number of sulfonamides is 1. The molecule has 0 spiro atoms. The fourth-order valence-corrected chi connectivity index (χ4v) is 4.70. The van der Waals surface area contributed by atoms with E-state index in [2.05, 4.69) is 10.5 Å². The number of anilines is 1. The van der Waals surface area contributed by atoms with E-state index in [0.717, 1.165) is 15.4 Å². The number of aryl methyl sites for hydroxylation is 2. The van der Waals surface area contributed by atoms with Gasteiger partial charge in [0.1, 0.15) is 6.54 Å². The maximum absolute atomic E-state index is 13.3. The van der Waals surface area contributed by atoms with Gasteiger partial charge in [-0.2, -0.15) is 5.10 Å². The number of hydrazone groups is 1. The lowest BCUT2D eigenvalue weighted by atomic mass is 10.1. The van der Waals surface area contributed by atoms with Crippen molar-refractivity contribution >= 4 is 33.8 Å². The molecule has 3 aromatic carbocycles. The Morgan fingerprint density at radius 1 is 0.970 bits per heavy atom. The van der Waals surface area contributed by atoms with Crippen LogP contribution in [0.5, 0.6) is 0 Å². The predicted molar refractivity (Wildman–Crippen MR) is 126 cm³/mol. The molecular formula is C24H23N3O5S. The normalized spacial score (nSPS) is 11.3. The highest BCUT2D eigenvalue weighted by Gasteiger charge is 2.27. The molecule has 33 heavy (non-hydrogen) atoms. The van der Waals surface area contributed by atoms with E-state index >= 15 is 0 Å². The van der Waals surface area contributed by atoms with Gasteiger partial charge in [-0.25, -0.2) is 18.6 Å². The quantitative estimate of drug-likeness (QED) is 0.391. The van der Waals surface area contributed by atoms with Crippen LogP contribution in [0, 0.1) is 13.8 Å². The van der Waals surface area contributed by atoms with E-state index in [1.165, 1.54) is 24.4 Å². The molecule has 3 aromatic rings. The molecule has 9 heteroatoms. The van der Waals surface area contributed by atoms with Crippen LogP contribution in [0.25, 0.3) is 0 Å². The van der Waals surface area contributed by atoms with Gasteiger partial charge in [0.05, 0.1) is 22.4 Å². The maximum atomic E-state index is 13.3. The molecule has 2 N–H and O–H groups in total. The van der Waals surface area contributed by atoms with Crippen molar-refractivity contribution in [3.63, 3.8) is 0 Å². The Morgan fingerprint density at radius 2 is 1.58 bits per heavy atom. The summed E-state index contributed by atoms with van der Waals surface area (Å²) < 4.78 is 27.7. The second kappa shape index (κ2) is 10.1. The molecule has 3 rings (SSSR count). The minimum absolute atomic E-state index is 0.0269. The lowest BCUT2D eigenvalue weighted by Gasteiger charge is -2.24. The van der Waals surface area contributed by atoms with Gasteiger partial charge in [-0.05, 0) is 55.3 Å². The van der Waals surface area contributed by atoms with E-state index in [-0.39, 0.29) is 10.5 Å². The minimum atomic E-state index is -4.03. The van der Waals surface area contributed by atoms with E-state index in [0.29, 0.717) is 11.3 Å². The lowest BCUT2D eigenvalue weighted by molar-refractivity contribution is -0.119. The summed E-state index contributed by atoms with van der Waals surface area (Å²) in [6.45, 7) is 3.17. The van der Waals surface area contributed by atoms with E-state index in [1.54, 1.807) is 48.5 Å². The molecule has 0 aliphatic carbocycles. The number of benzene rings is 3. The first-order valence-electron chi connectivity index (χ1n) is 9.99. The number of amides is 1. The largest absolute Gasteiger partial charge is 0.478 e. The second-order valence-corrected chi connectivity index (χ2v) is 9.22. The molecule has 0 saturated carbocycles. The number of carbonyl (C=O) groups excluding carboxylic acids is 1. The number of hydrogen-bond donors (Lipinski definition) is 2. The van der Waals surface area contributed by atoms with Gasteiger partial charge in [-0.3, -0.25) is 9.10 Å². The third kappa shape index (κ3) is 5.83. The number of carboxylic acids is 1. The molecule has 8 nitrogen and oxygen atoms in total. The first-order valence-corrected chi connectivity index (χ1v) is 11.4. The number of carboxylic acid groups (broad SMARTS) is 1. The molecule has 0 atom stereocenters. The zero-order chi connectivity index (χ0) is 24.0. The van der Waals surface area contributed by atoms with Crippen LogP contribution in [0.15, 0.2) is 82.8 Å². The summed E-state index contributed by atoms with van der Waals surface area (Å²) in [5, 5.41) is 13.1. The molecule has 0 bridgehead atoms. The Morgan fingerprint density at radius 3 is 2.21 bits per heavy atom. The molecule has 0 aromatic heterocycles. The molecule has 0 aliphatic rings. The van der Waals surface area contributed by atoms with Crippen LogP contribution in [0.1, 0.15) is 27.0 Å². The monoisotopic (exact) mass is 465 g/mol. The summed E-state index contributed by atoms with van der Waals surface area (Å²) >= 11 is 0. The van der Waals surface area contributed by atoms with Crippen molar-refractivity contribution in [2.45, 2.75) is 18.7 Å². The molecule has 170 valence electrons. The van der Waals surface area contributed by atoms with E-state index in [4.69, 9.17) is 0 Å². The second-order valence-electron chi connectivity index (χ2n) is 7.36. The SMILES string of the molecule is Cc1cc(C)cc(N(CC(=O)N/N=C\c2ccccc2C(=O)O)S(=O)(=O)c2ccccc2)c1. The highest BCUT2D eigenvalue weighted by atomic mass is 32.2. The summed E-state index contributed by atoms with van der Waals surface area (Å²) in [7, 11) is -4.03. The van der Waals surface area contributed by atoms with Crippen molar-refractivity contribution in [3.8, 4) is 0 Å². The van der Waals surface area contributed by atoms with Gasteiger partial charge in [0.25, 0.3) is 15.9 Å². The van der Waals surface area contributed by atoms with Crippen LogP contribution in [0.3, 0.4) is 0 Å². The summed E-state index contributed by atoms with van der Waals surface area (Å²) in [6.07, 6.45) is 1.20. The molecule has 0 fully saturated rings. The van der Waals surface area contributed by atoms with Gasteiger partial charge in [0.15, 0.2) is 0 Å². The summed E-state index contributed by atoms with van der Waals surface area (Å²) in [4.78, 5) is 24.0. The maximum Gasteiger partial charge on any atom is 0.336 e. The molecule has 0 heterocycles. The molecular weight excluding hydrogens is 442 g/mol. The highest BCUT2D eigenvalue weighted by molar-refractivity contribution is 7.92. The van der Waals surface area contributed by atoms with Crippen molar-refractivity contribution in [1.82, 2.24) is 5.43 Å². The first-order chi connectivity index (χ1) is 15.7. The van der Waals surface area contributed by atoms with Gasteiger partial charge in [0, 0.05) is 5.56 Å². The Labute approximate surface area is 192 Å². The third-order valence-corrected chi connectivity index (χ3v) is 6.49. The molecule has 1 amide bonds. The van der Waals surface area contributed by atoms with Crippen LogP contribution in [0.2, 0.25) is 0 Å². The Balaban J connectivity index is 1.88. The van der Waals surface area contributed by atoms with Crippen molar-refractivity contribution < 1.29 is 23.1 Å². The summed E-state index contributed by atoms with van der Waals surface area (Å²) in [6, 6.07) is 19.3. The van der Waals surface area contributed by atoms with Gasteiger partial charge in [-0.15, -0.1) is 0 Å². The predicted octanol–water partition coefficient (Wildman–Crippen LogP) is 3.35. The molecule has 0 saturated heterocycles.